The molecule has 0 aliphatic carbocycles. The number of imidazole rings is 1. The number of aliphatic hydroxyl groups excluding tert-OH is 1. The van der Waals surface area contributed by atoms with Gasteiger partial charge in [0, 0.05) is 91.0 Å². The van der Waals surface area contributed by atoms with E-state index in [0.717, 1.165) is 10.9 Å². The first-order valence-electron chi connectivity index (χ1n) is 37.0. The van der Waals surface area contributed by atoms with Crippen LogP contribution in [0.3, 0.4) is 0 Å². The van der Waals surface area contributed by atoms with Crippen molar-refractivity contribution in [2.45, 2.75) is 219 Å². The number of nitrogens with two attached hydrogens (primary N) is 2. The highest BCUT2D eigenvalue weighted by Gasteiger charge is 2.38. The van der Waals surface area contributed by atoms with Crippen LogP contribution in [0, 0.1) is 17.8 Å². The first-order chi connectivity index (χ1) is 52.4. The number of aliphatic carboxylic acids is 1. The number of H-pyrrole nitrogens is 3. The Morgan fingerprint density at radius 2 is 0.937 bits per heavy atom. The molecule has 0 fully saturated rings. The lowest BCUT2D eigenvalue weighted by molar-refractivity contribution is -0.138. The van der Waals surface area contributed by atoms with Crippen LogP contribution in [0.1, 0.15) is 136 Å². The van der Waals surface area contributed by atoms with Gasteiger partial charge < -0.3 is 105 Å². The zero-order valence-corrected chi connectivity index (χ0v) is 64.5. The molecule has 3 aromatic heterocycles. The number of amides is 12. The van der Waals surface area contributed by atoms with Crippen molar-refractivity contribution in [1.82, 2.24) is 83.7 Å². The van der Waals surface area contributed by atoms with E-state index in [2.05, 4.69) is 83.7 Å². The quantitative estimate of drug-likeness (QED) is 0.0222. The number of carboxylic acid groups (broad SMARTS) is 1. The number of carbonyl (C=O) groups excluding carboxylic acids is 13. The zero-order chi connectivity index (χ0) is 82.0. The van der Waals surface area contributed by atoms with E-state index in [1.165, 1.54) is 26.4 Å². The Balaban J connectivity index is 1.18. The van der Waals surface area contributed by atoms with Crippen molar-refractivity contribution in [2.75, 3.05) is 6.54 Å². The lowest BCUT2D eigenvalue weighted by Gasteiger charge is -2.29. The molecule has 0 saturated heterocycles. The summed E-state index contributed by atoms with van der Waals surface area (Å²) >= 11 is 0. The number of benzene rings is 3. The predicted molar refractivity (Wildman–Crippen MR) is 411 cm³/mol. The smallest absolute Gasteiger partial charge is 0.303 e. The summed E-state index contributed by atoms with van der Waals surface area (Å²) in [6.07, 6.45) is 3.11. The topological polar surface area (TPSA) is 536 Å². The Kier molecular flexibility index (Phi) is 33.5. The molecule has 0 saturated carbocycles. The molecular weight excluding hydrogens is 1430 g/mol. The maximum atomic E-state index is 14.8. The fraction of sp³-hybridized carbons (Fsp3) is 0.494. The molecule has 3 heterocycles. The maximum absolute atomic E-state index is 14.8. The van der Waals surface area contributed by atoms with Crippen molar-refractivity contribution in [1.29, 1.82) is 0 Å². The number of carbonyl (C=O) groups is 14. The zero-order valence-electron chi connectivity index (χ0n) is 64.5. The molecule has 34 heteroatoms. The van der Waals surface area contributed by atoms with Gasteiger partial charge >= 0.3 is 5.97 Å². The van der Waals surface area contributed by atoms with Gasteiger partial charge in [-0.3, -0.25) is 62.3 Å². The number of hydrogen-bond donors (Lipinski definition) is 19. The molecule has 0 bridgehead atoms. The van der Waals surface area contributed by atoms with Crippen LogP contribution in [0.2, 0.25) is 0 Å². The fourth-order valence-electron chi connectivity index (χ4n) is 12.5. The van der Waals surface area contributed by atoms with Crippen molar-refractivity contribution < 1.29 is 77.3 Å². The molecule has 6 aromatic rings. The summed E-state index contributed by atoms with van der Waals surface area (Å²) in [6, 6.07) is 5.75. The van der Waals surface area contributed by atoms with E-state index in [1.54, 1.807) is 129 Å². The third-order valence-corrected chi connectivity index (χ3v) is 18.2. The number of aromatic amines is 3. The number of nitrogens with zero attached hydrogens (tertiary/aromatic N) is 1. The second-order valence-corrected chi connectivity index (χ2v) is 29.9. The van der Waals surface area contributed by atoms with Gasteiger partial charge in [-0.1, -0.05) is 102 Å². The minimum Gasteiger partial charge on any atom is -0.481 e. The van der Waals surface area contributed by atoms with Crippen LogP contribution in [0.5, 0.6) is 0 Å². The summed E-state index contributed by atoms with van der Waals surface area (Å²) in [6.45, 7) is 17.5. The fourth-order valence-corrected chi connectivity index (χ4v) is 12.5. The second-order valence-electron chi connectivity index (χ2n) is 29.9. The third kappa shape index (κ3) is 27.6. The van der Waals surface area contributed by atoms with E-state index in [1.807, 2.05) is 18.2 Å². The summed E-state index contributed by atoms with van der Waals surface area (Å²) in [4.78, 5) is 207. The standard InChI is InChI=1S/C77H108N18O16/c1-40(2)28-56(88-73(108)61(33-49-37-80-39-84-49)91-71(106)59(31-47-35-81-52-22-16-14-20-50(47)52)87-67(102)43(7)85-70(105)55(26-27-96)95-77(9,10)11)68(103)83-38-62(98)86-54(24-25-63(99)100)69(104)89-57(29-41(3)4)74(109)93-64(42(5)6)76(111)92-60(32-48-36-82-53-23-17-15-21-51(48)53)72(107)90-58(30-45-18-12-13-19-46(45)34-78)75(110)94-65(44(8)97)66(79)101/h12-23,27,35-37,39-44,54-61,64-65,81-82,95,97H,24-26,28-34,38,78H2,1-11H3,(H2,79,101)(H,80,84)(H,83,103)(H,85,105)(H,86,98)(H,87,102)(H,88,108)(H,89,104)(H,90,107)(H,91,106)(H,92,111)(H,93,109)(H,94,110)(H,99,100)/t43-,44+,54-,55-,56-,57-,58-,59-,60-,61-,64-,65-/m0/s1. The molecule has 21 N–H and O–H groups in total. The number of primary amides is 1. The number of para-hydroxylation sites is 2. The van der Waals surface area contributed by atoms with Gasteiger partial charge in [-0.2, -0.15) is 0 Å². The van der Waals surface area contributed by atoms with Crippen molar-refractivity contribution in [3.63, 3.8) is 0 Å². The lowest BCUT2D eigenvalue weighted by atomic mass is 9.97. The molecule has 602 valence electrons. The minimum absolute atomic E-state index is 0.0209. The SMILES string of the molecule is CC(C)C[C@H](NC(=O)[C@H](Cc1c[nH]cn1)NC(=O)[C@H](Cc1c[nH]c2ccccc12)NC(=O)[C@H](C)NC(=O)[C@H](CC=O)NC(C)(C)C)C(=O)NCC(=O)N[C@@H](CCC(=O)O)C(=O)N[C@@H](CC(C)C)C(=O)N[C@H](C(=O)N[C@@H](Cc1c[nH]c2ccccc12)C(=O)N[C@@H](Cc1ccccc1CN)C(=O)N[C@H](C(N)=O)[C@@H](C)O)C(C)C. The molecule has 0 unspecified atom stereocenters. The summed E-state index contributed by atoms with van der Waals surface area (Å²) in [5.74, 6) is -13.3. The molecule has 3 aromatic carbocycles. The van der Waals surface area contributed by atoms with E-state index in [9.17, 15) is 77.3 Å². The Morgan fingerprint density at radius 3 is 1.41 bits per heavy atom. The van der Waals surface area contributed by atoms with Crippen LogP contribution in [-0.4, -0.2) is 198 Å². The molecule has 34 nitrogen and oxygen atoms in total. The van der Waals surface area contributed by atoms with Gasteiger partial charge in [0.2, 0.25) is 70.9 Å². The van der Waals surface area contributed by atoms with E-state index in [0.29, 0.717) is 45.1 Å². The van der Waals surface area contributed by atoms with Gasteiger partial charge in [0.15, 0.2) is 0 Å². The number of nitrogens with one attached hydrogen (secondary N) is 15. The summed E-state index contributed by atoms with van der Waals surface area (Å²) in [5, 5.41) is 53.6. The van der Waals surface area contributed by atoms with Crippen LogP contribution in [-0.2, 0) is 99.4 Å². The third-order valence-electron chi connectivity index (χ3n) is 18.2. The number of fused-ring (bicyclic) bond motifs is 2. The highest BCUT2D eigenvalue weighted by Crippen LogP contribution is 2.23. The van der Waals surface area contributed by atoms with Gasteiger partial charge in [0.25, 0.3) is 0 Å². The van der Waals surface area contributed by atoms with Crippen molar-refractivity contribution in [3.8, 4) is 0 Å². The second kappa shape index (κ2) is 42.0. The van der Waals surface area contributed by atoms with Crippen molar-refractivity contribution >= 4 is 105 Å². The van der Waals surface area contributed by atoms with Crippen molar-refractivity contribution in [2.24, 2.45) is 29.2 Å². The molecule has 0 aliphatic heterocycles. The molecular formula is C77H108N18O16. The largest absolute Gasteiger partial charge is 0.481 e. The minimum atomic E-state index is -1.65. The average molecular weight is 1540 g/mol. The highest BCUT2D eigenvalue weighted by molar-refractivity contribution is 6.00. The van der Waals surface area contributed by atoms with Crippen LogP contribution in [0.25, 0.3) is 21.8 Å². The normalized spacial score (nSPS) is 14.8. The Morgan fingerprint density at radius 1 is 0.495 bits per heavy atom. The van der Waals surface area contributed by atoms with Gasteiger partial charge in [-0.25, -0.2) is 4.98 Å². The highest BCUT2D eigenvalue weighted by atomic mass is 16.4. The number of rotatable bonds is 44. The van der Waals surface area contributed by atoms with E-state index in [4.69, 9.17) is 11.5 Å². The first-order valence-corrected chi connectivity index (χ1v) is 37.0. The Labute approximate surface area is 643 Å². The summed E-state index contributed by atoms with van der Waals surface area (Å²) in [5.41, 5.74) is 15.1. The van der Waals surface area contributed by atoms with Crippen LogP contribution >= 0.6 is 0 Å². The van der Waals surface area contributed by atoms with Crippen LogP contribution in [0.15, 0.2) is 97.7 Å². The number of hydrogen-bond acceptors (Lipinski definition) is 18. The Bertz CT molecular complexity index is 4220. The summed E-state index contributed by atoms with van der Waals surface area (Å²) < 4.78 is 0. The maximum Gasteiger partial charge on any atom is 0.303 e. The number of aromatic nitrogens is 4. The van der Waals surface area contributed by atoms with Gasteiger partial charge in [-0.05, 0) is 106 Å². The molecule has 0 radical (unpaired) electrons. The molecule has 111 heavy (non-hydrogen) atoms. The number of aliphatic hydroxyl groups is 1. The predicted octanol–water partition coefficient (Wildman–Crippen LogP) is -0.0895. The van der Waals surface area contributed by atoms with E-state index < -0.39 is 180 Å². The molecule has 12 atom stereocenters. The van der Waals surface area contributed by atoms with Crippen LogP contribution < -0.4 is 75.3 Å². The molecule has 6 rings (SSSR count). The number of aldehydes is 1. The molecule has 0 aliphatic rings. The Hall–Kier alpha value is -11.4. The van der Waals surface area contributed by atoms with Gasteiger partial charge in [0.05, 0.1) is 30.7 Å². The van der Waals surface area contributed by atoms with E-state index >= 15 is 0 Å². The van der Waals surface area contributed by atoms with Crippen LogP contribution in [0.4, 0.5) is 0 Å². The van der Waals surface area contributed by atoms with Gasteiger partial charge in [-0.15, -0.1) is 0 Å². The van der Waals surface area contributed by atoms with Gasteiger partial charge in [0.1, 0.15) is 66.7 Å². The first kappa shape index (κ1) is 88.5. The summed E-state index contributed by atoms with van der Waals surface area (Å²) in [7, 11) is 0. The average Bonchev–Trinajstić information content (AvgIpc) is 1.74. The molecule has 12 amide bonds. The number of carboxylic acids is 1. The van der Waals surface area contributed by atoms with E-state index in [-0.39, 0.29) is 63.3 Å². The lowest BCUT2D eigenvalue weighted by Crippen LogP contribution is -2.61. The molecule has 0 spiro atoms. The monoisotopic (exact) mass is 1540 g/mol. The van der Waals surface area contributed by atoms with Crippen molar-refractivity contribution in [3.05, 3.63) is 126 Å².